The normalized spacial score (nSPS) is 18.0. The zero-order valence-corrected chi connectivity index (χ0v) is 18.4. The molecular formula is C24H25N5O4. The highest BCUT2D eigenvalue weighted by atomic mass is 16.5. The summed E-state index contributed by atoms with van der Waals surface area (Å²) in [5.74, 6) is 0.603. The Hall–Kier alpha value is -3.72. The number of rotatable bonds is 4. The van der Waals surface area contributed by atoms with Crippen LogP contribution in [0.15, 0.2) is 54.6 Å². The van der Waals surface area contributed by atoms with Gasteiger partial charge in [0, 0.05) is 31.7 Å². The first-order valence-electron chi connectivity index (χ1n) is 11.0. The van der Waals surface area contributed by atoms with Crippen LogP contribution in [-0.4, -0.2) is 69.9 Å². The maximum atomic E-state index is 13.1. The average Bonchev–Trinajstić information content (AvgIpc) is 3.32. The molecular weight excluding hydrogens is 422 g/mol. The van der Waals surface area contributed by atoms with Gasteiger partial charge >= 0.3 is 0 Å². The van der Waals surface area contributed by atoms with E-state index in [-0.39, 0.29) is 24.5 Å². The van der Waals surface area contributed by atoms with Gasteiger partial charge in [-0.15, -0.1) is 5.10 Å². The molecule has 0 saturated carbocycles. The Morgan fingerprint density at radius 1 is 0.939 bits per heavy atom. The van der Waals surface area contributed by atoms with Gasteiger partial charge in [0.25, 0.3) is 11.8 Å². The fraction of sp³-hybridized carbons (Fsp3) is 0.333. The first kappa shape index (κ1) is 21.1. The van der Waals surface area contributed by atoms with Crippen LogP contribution in [0.1, 0.15) is 38.2 Å². The van der Waals surface area contributed by atoms with Crippen molar-refractivity contribution < 1.29 is 19.1 Å². The van der Waals surface area contributed by atoms with Crippen LogP contribution in [0.4, 0.5) is 0 Å². The maximum absolute atomic E-state index is 13.1. The first-order chi connectivity index (χ1) is 16.1. The molecule has 3 aromatic rings. The summed E-state index contributed by atoms with van der Waals surface area (Å²) in [7, 11) is 1.63. The Morgan fingerprint density at radius 2 is 1.61 bits per heavy atom. The summed E-state index contributed by atoms with van der Waals surface area (Å²) in [6.07, 6.45) is -0.166. The number of nitrogens with zero attached hydrogens (tertiary/aromatic N) is 5. The second-order valence-corrected chi connectivity index (χ2v) is 8.09. The van der Waals surface area contributed by atoms with Crippen molar-refractivity contribution in [3.8, 4) is 5.75 Å². The highest BCUT2D eigenvalue weighted by Gasteiger charge is 2.32. The molecule has 0 bridgehead atoms. The maximum Gasteiger partial charge on any atom is 0.276 e. The van der Waals surface area contributed by atoms with E-state index in [0.29, 0.717) is 49.7 Å². The van der Waals surface area contributed by atoms with Gasteiger partial charge in [-0.3, -0.25) is 9.59 Å². The van der Waals surface area contributed by atoms with E-state index in [1.54, 1.807) is 21.6 Å². The Labute approximate surface area is 191 Å². The molecule has 0 N–H and O–H groups in total. The molecule has 1 saturated heterocycles. The number of methoxy groups -OCH3 is 1. The van der Waals surface area contributed by atoms with Crippen LogP contribution in [0, 0.1) is 0 Å². The number of aromatic nitrogens is 3. The Kier molecular flexibility index (Phi) is 5.78. The van der Waals surface area contributed by atoms with E-state index in [4.69, 9.17) is 9.47 Å². The number of hydrogen-bond donors (Lipinski definition) is 0. The zero-order chi connectivity index (χ0) is 22.8. The average molecular weight is 447 g/mol. The minimum Gasteiger partial charge on any atom is -0.497 e. The van der Waals surface area contributed by atoms with Crippen LogP contribution >= 0.6 is 0 Å². The topological polar surface area (TPSA) is 89.8 Å². The van der Waals surface area contributed by atoms with Crippen molar-refractivity contribution in [2.75, 3.05) is 33.3 Å². The standard InChI is InChI=1S/C24H25N5O4/c1-32-19-9-7-17(8-10-19)21-15-29-20(16-33-21)22(25-26-29)24(31)28-13-11-27(12-14-28)23(30)18-5-3-2-4-6-18/h2-10,21H,11-16H2,1H3/t21-/m1/s1. The number of carbonyl (C=O) groups is 2. The summed E-state index contributed by atoms with van der Waals surface area (Å²) in [5, 5.41) is 8.39. The van der Waals surface area contributed by atoms with Gasteiger partial charge in [-0.1, -0.05) is 35.5 Å². The molecule has 0 radical (unpaired) electrons. The Balaban J connectivity index is 1.22. The van der Waals surface area contributed by atoms with Crippen LogP contribution in [0.5, 0.6) is 5.75 Å². The smallest absolute Gasteiger partial charge is 0.276 e. The third kappa shape index (κ3) is 4.19. The number of fused-ring (bicyclic) bond motifs is 1. The van der Waals surface area contributed by atoms with E-state index in [9.17, 15) is 9.59 Å². The molecule has 0 spiro atoms. The number of ether oxygens (including phenoxy) is 2. The van der Waals surface area contributed by atoms with Crippen LogP contribution in [0.3, 0.4) is 0 Å². The lowest BCUT2D eigenvalue weighted by Crippen LogP contribution is -2.50. The molecule has 9 heteroatoms. The third-order valence-corrected chi connectivity index (χ3v) is 6.16. The van der Waals surface area contributed by atoms with Crippen molar-refractivity contribution in [1.82, 2.24) is 24.8 Å². The highest BCUT2D eigenvalue weighted by molar-refractivity contribution is 5.95. The number of hydrogen-bond acceptors (Lipinski definition) is 6. The number of benzene rings is 2. The summed E-state index contributed by atoms with van der Waals surface area (Å²) in [6.45, 7) is 2.63. The lowest BCUT2D eigenvalue weighted by Gasteiger charge is -2.34. The summed E-state index contributed by atoms with van der Waals surface area (Å²) >= 11 is 0. The lowest BCUT2D eigenvalue weighted by molar-refractivity contribution is -0.00204. The fourth-order valence-electron chi connectivity index (χ4n) is 4.22. The molecule has 1 fully saturated rings. The summed E-state index contributed by atoms with van der Waals surface area (Å²) in [4.78, 5) is 29.3. The van der Waals surface area contributed by atoms with Crippen molar-refractivity contribution >= 4 is 11.8 Å². The van der Waals surface area contributed by atoms with Crippen molar-refractivity contribution in [3.63, 3.8) is 0 Å². The van der Waals surface area contributed by atoms with E-state index in [2.05, 4.69) is 10.3 Å². The molecule has 5 rings (SSSR count). The quantitative estimate of drug-likeness (QED) is 0.609. The van der Waals surface area contributed by atoms with Crippen LogP contribution in [0.25, 0.3) is 0 Å². The highest BCUT2D eigenvalue weighted by Crippen LogP contribution is 2.28. The SMILES string of the molecule is COc1ccc([C@H]2Cn3nnc(C(=O)N4CCN(C(=O)c5ccccc5)CC4)c3CO2)cc1. The first-order valence-corrected chi connectivity index (χ1v) is 11.0. The molecule has 170 valence electrons. The largest absolute Gasteiger partial charge is 0.497 e. The minimum absolute atomic E-state index is 0.0123. The van der Waals surface area contributed by atoms with Gasteiger partial charge in [0.05, 0.1) is 26.0 Å². The van der Waals surface area contributed by atoms with Crippen molar-refractivity contribution in [3.05, 3.63) is 77.1 Å². The molecule has 2 aliphatic rings. The van der Waals surface area contributed by atoms with E-state index in [1.807, 2.05) is 54.6 Å². The molecule has 1 aromatic heterocycles. The van der Waals surface area contributed by atoms with Crippen LogP contribution in [0.2, 0.25) is 0 Å². The van der Waals surface area contributed by atoms with Crippen molar-refractivity contribution in [2.24, 2.45) is 0 Å². The van der Waals surface area contributed by atoms with Gasteiger partial charge in [-0.05, 0) is 29.8 Å². The van der Waals surface area contributed by atoms with Gasteiger partial charge < -0.3 is 19.3 Å². The molecule has 33 heavy (non-hydrogen) atoms. The zero-order valence-electron chi connectivity index (χ0n) is 18.4. The lowest BCUT2D eigenvalue weighted by atomic mass is 10.1. The van der Waals surface area contributed by atoms with Gasteiger partial charge in [0.2, 0.25) is 0 Å². The van der Waals surface area contributed by atoms with Gasteiger partial charge in [-0.2, -0.15) is 0 Å². The summed E-state index contributed by atoms with van der Waals surface area (Å²) in [5.41, 5.74) is 2.69. The number of piperazine rings is 1. The predicted molar refractivity (Wildman–Crippen MR) is 119 cm³/mol. The molecule has 0 unspecified atom stereocenters. The summed E-state index contributed by atoms with van der Waals surface area (Å²) in [6, 6.07) is 16.9. The van der Waals surface area contributed by atoms with Gasteiger partial charge in [-0.25, -0.2) is 4.68 Å². The second-order valence-electron chi connectivity index (χ2n) is 8.09. The van der Waals surface area contributed by atoms with E-state index in [0.717, 1.165) is 11.3 Å². The van der Waals surface area contributed by atoms with Crippen LogP contribution in [-0.2, 0) is 17.9 Å². The second kappa shape index (κ2) is 9.03. The van der Waals surface area contributed by atoms with E-state index >= 15 is 0 Å². The van der Waals surface area contributed by atoms with Gasteiger partial charge in [0.1, 0.15) is 11.9 Å². The fourth-order valence-corrected chi connectivity index (χ4v) is 4.22. The summed E-state index contributed by atoms with van der Waals surface area (Å²) < 4.78 is 13.0. The van der Waals surface area contributed by atoms with Crippen molar-refractivity contribution in [1.29, 1.82) is 0 Å². The molecule has 9 nitrogen and oxygen atoms in total. The molecule has 2 aromatic carbocycles. The number of carbonyl (C=O) groups excluding carboxylic acids is 2. The monoisotopic (exact) mass is 447 g/mol. The molecule has 3 heterocycles. The molecule has 1 atom stereocenters. The Morgan fingerprint density at radius 3 is 2.27 bits per heavy atom. The molecule has 2 aliphatic heterocycles. The number of amides is 2. The predicted octanol–water partition coefficient (Wildman–Crippen LogP) is 2.16. The van der Waals surface area contributed by atoms with Crippen LogP contribution < -0.4 is 4.74 Å². The molecule has 2 amide bonds. The Bertz CT molecular complexity index is 1140. The minimum atomic E-state index is -0.172. The van der Waals surface area contributed by atoms with E-state index in [1.165, 1.54) is 0 Å². The molecule has 0 aliphatic carbocycles. The van der Waals surface area contributed by atoms with Gasteiger partial charge in [0.15, 0.2) is 5.69 Å². The third-order valence-electron chi connectivity index (χ3n) is 6.16. The van der Waals surface area contributed by atoms with E-state index < -0.39 is 0 Å². The van der Waals surface area contributed by atoms with Crippen molar-refractivity contribution in [2.45, 2.75) is 19.3 Å².